The molecule has 0 aliphatic carbocycles. The van der Waals surface area contributed by atoms with Crippen molar-refractivity contribution >= 4 is 28.0 Å². The zero-order valence-corrected chi connectivity index (χ0v) is 15.7. The molecule has 4 nitrogen and oxygen atoms in total. The highest BCUT2D eigenvalue weighted by Crippen LogP contribution is 2.12. The van der Waals surface area contributed by atoms with Crippen LogP contribution in [0.1, 0.15) is 37.7 Å². The molecule has 2 aliphatic rings. The average molecular weight is 395 g/mol. The number of piperidine rings is 1. The van der Waals surface area contributed by atoms with E-state index in [2.05, 4.69) is 26.1 Å². The predicted octanol–water partition coefficient (Wildman–Crippen LogP) is 3.77. The normalized spacial score (nSPS) is 21.5. The van der Waals surface area contributed by atoms with Gasteiger partial charge in [-0.05, 0) is 69.1 Å². The van der Waals surface area contributed by atoms with Gasteiger partial charge in [-0.3, -0.25) is 0 Å². The molecule has 0 saturated carbocycles. The maximum atomic E-state index is 10.1. The quantitative estimate of drug-likeness (QED) is 0.763. The Labute approximate surface area is 153 Å². The van der Waals surface area contributed by atoms with Gasteiger partial charge in [-0.25, -0.2) is 4.79 Å². The number of carboxylic acids is 1. The van der Waals surface area contributed by atoms with Crippen molar-refractivity contribution in [3.63, 3.8) is 0 Å². The lowest BCUT2D eigenvalue weighted by molar-refractivity contribution is -0.131. The lowest BCUT2D eigenvalue weighted by Crippen LogP contribution is -2.40. The van der Waals surface area contributed by atoms with E-state index in [-0.39, 0.29) is 0 Å². The Morgan fingerprint density at radius 3 is 2.50 bits per heavy atom. The van der Waals surface area contributed by atoms with Crippen LogP contribution in [0, 0.1) is 0 Å². The maximum Gasteiger partial charge on any atom is 0.328 e. The van der Waals surface area contributed by atoms with E-state index in [9.17, 15) is 4.79 Å². The van der Waals surface area contributed by atoms with Gasteiger partial charge in [0.25, 0.3) is 0 Å². The number of carbonyl (C=O) groups is 1. The molecule has 0 spiro atoms. The molecule has 24 heavy (non-hydrogen) atoms. The van der Waals surface area contributed by atoms with Crippen LogP contribution in [-0.4, -0.2) is 48.2 Å². The lowest BCUT2D eigenvalue weighted by Gasteiger charge is -2.28. The molecule has 1 atom stereocenters. The zero-order chi connectivity index (χ0) is 17.2. The topological polar surface area (TPSA) is 52.6 Å². The fourth-order valence-electron chi connectivity index (χ4n) is 3.11. The summed E-state index contributed by atoms with van der Waals surface area (Å²) in [6.45, 7) is 5.24. The first-order valence-corrected chi connectivity index (χ1v) is 9.55. The van der Waals surface area contributed by atoms with E-state index in [0.717, 1.165) is 22.2 Å². The molecule has 2 saturated heterocycles. The average Bonchev–Trinajstić information content (AvgIpc) is 3.09. The van der Waals surface area contributed by atoms with Crippen molar-refractivity contribution in [2.24, 2.45) is 0 Å². The van der Waals surface area contributed by atoms with E-state index in [1.54, 1.807) is 6.08 Å². The molecule has 3 rings (SSSR count). The highest BCUT2D eigenvalue weighted by Gasteiger charge is 2.18. The van der Waals surface area contributed by atoms with Gasteiger partial charge in [0.2, 0.25) is 0 Å². The molecule has 1 aromatic carbocycles. The lowest BCUT2D eigenvalue weighted by atomic mass is 10.1. The van der Waals surface area contributed by atoms with Crippen LogP contribution in [0.2, 0.25) is 0 Å². The first-order chi connectivity index (χ1) is 11.6. The molecule has 0 amide bonds. The summed E-state index contributed by atoms with van der Waals surface area (Å²) in [6, 6.07) is 8.21. The van der Waals surface area contributed by atoms with E-state index in [1.165, 1.54) is 58.3 Å². The number of halogens is 1. The number of nitrogens with one attached hydrogen (secondary N) is 1. The second-order valence-corrected chi connectivity index (χ2v) is 7.29. The molecule has 2 fully saturated rings. The van der Waals surface area contributed by atoms with Gasteiger partial charge >= 0.3 is 5.97 Å². The highest BCUT2D eigenvalue weighted by atomic mass is 79.9. The van der Waals surface area contributed by atoms with Gasteiger partial charge in [-0.2, -0.15) is 0 Å². The SMILES string of the molecule is C1CCN(C[C@@H]2CCCN2)CC1.O=C(O)C=Cc1ccc(Br)cc1. The number of benzene rings is 1. The van der Waals surface area contributed by atoms with Crippen molar-refractivity contribution in [3.8, 4) is 0 Å². The van der Waals surface area contributed by atoms with Crippen LogP contribution in [0.3, 0.4) is 0 Å². The summed E-state index contributed by atoms with van der Waals surface area (Å²) in [6.07, 6.45) is 9.75. The summed E-state index contributed by atoms with van der Waals surface area (Å²) in [5.41, 5.74) is 0.876. The molecule has 2 aliphatic heterocycles. The van der Waals surface area contributed by atoms with Crippen LogP contribution in [0.5, 0.6) is 0 Å². The summed E-state index contributed by atoms with van der Waals surface area (Å²) in [7, 11) is 0. The van der Waals surface area contributed by atoms with Crippen LogP contribution in [0.4, 0.5) is 0 Å². The molecule has 0 aromatic heterocycles. The van der Waals surface area contributed by atoms with Crippen LogP contribution in [0.25, 0.3) is 6.08 Å². The largest absolute Gasteiger partial charge is 0.478 e. The third kappa shape index (κ3) is 7.60. The monoisotopic (exact) mass is 394 g/mol. The third-order valence-electron chi connectivity index (χ3n) is 4.38. The smallest absolute Gasteiger partial charge is 0.328 e. The van der Waals surface area contributed by atoms with Gasteiger partial charge in [0.15, 0.2) is 0 Å². The minimum atomic E-state index is -0.932. The summed E-state index contributed by atoms with van der Waals surface area (Å²) in [5.74, 6) is -0.932. The Hall–Kier alpha value is -1.17. The van der Waals surface area contributed by atoms with Crippen molar-refractivity contribution in [2.45, 2.75) is 38.1 Å². The van der Waals surface area contributed by atoms with Crippen molar-refractivity contribution < 1.29 is 9.90 Å². The number of likely N-dealkylation sites (tertiary alicyclic amines) is 1. The Kier molecular flexibility index (Phi) is 8.50. The Balaban J connectivity index is 0.000000174. The van der Waals surface area contributed by atoms with Gasteiger partial charge in [-0.1, -0.05) is 34.5 Å². The van der Waals surface area contributed by atoms with Crippen LogP contribution in [-0.2, 0) is 4.79 Å². The van der Waals surface area contributed by atoms with Gasteiger partial charge in [-0.15, -0.1) is 0 Å². The first kappa shape index (κ1) is 19.2. The molecule has 1 aromatic rings. The van der Waals surface area contributed by atoms with Crippen molar-refractivity contribution in [2.75, 3.05) is 26.2 Å². The molecular formula is C19H27BrN2O2. The molecule has 5 heteroatoms. The Morgan fingerprint density at radius 1 is 1.21 bits per heavy atom. The van der Waals surface area contributed by atoms with Crippen LogP contribution < -0.4 is 5.32 Å². The number of nitrogens with zero attached hydrogens (tertiary/aromatic N) is 1. The summed E-state index contributed by atoms with van der Waals surface area (Å²) < 4.78 is 0.981. The Morgan fingerprint density at radius 2 is 1.92 bits per heavy atom. The third-order valence-corrected chi connectivity index (χ3v) is 4.91. The second-order valence-electron chi connectivity index (χ2n) is 6.38. The fourth-order valence-corrected chi connectivity index (χ4v) is 3.37. The number of hydrogen-bond donors (Lipinski definition) is 2. The molecular weight excluding hydrogens is 368 g/mol. The van der Waals surface area contributed by atoms with Crippen molar-refractivity contribution in [3.05, 3.63) is 40.4 Å². The first-order valence-electron chi connectivity index (χ1n) is 8.76. The Bertz CT molecular complexity index is 519. The summed E-state index contributed by atoms with van der Waals surface area (Å²) in [4.78, 5) is 12.8. The molecule has 132 valence electrons. The molecule has 0 unspecified atom stereocenters. The molecule has 2 N–H and O–H groups in total. The second kappa shape index (κ2) is 10.6. The van der Waals surface area contributed by atoms with E-state index in [0.29, 0.717) is 0 Å². The van der Waals surface area contributed by atoms with Crippen molar-refractivity contribution in [1.82, 2.24) is 10.2 Å². The predicted molar refractivity (Wildman–Crippen MR) is 102 cm³/mol. The minimum absolute atomic E-state index is 0.808. The van der Waals surface area contributed by atoms with E-state index in [4.69, 9.17) is 5.11 Å². The minimum Gasteiger partial charge on any atom is -0.478 e. The van der Waals surface area contributed by atoms with E-state index >= 15 is 0 Å². The van der Waals surface area contributed by atoms with E-state index < -0.39 is 5.97 Å². The summed E-state index contributed by atoms with van der Waals surface area (Å²) >= 11 is 3.29. The van der Waals surface area contributed by atoms with Crippen LogP contribution >= 0.6 is 15.9 Å². The maximum absolute atomic E-state index is 10.1. The summed E-state index contributed by atoms with van der Waals surface area (Å²) in [5, 5.41) is 11.9. The number of aliphatic carboxylic acids is 1. The fraction of sp³-hybridized carbons (Fsp3) is 0.526. The molecule has 0 radical (unpaired) electrons. The molecule has 0 bridgehead atoms. The molecule has 2 heterocycles. The standard InChI is InChI=1S/C10H20N2.C9H7BrO2/c1-2-7-12(8-3-1)9-10-5-4-6-11-10;10-8-4-1-7(2-5-8)3-6-9(11)12/h10-11H,1-9H2;1-6H,(H,11,12)/t10-;/m0./s1. The van der Waals surface area contributed by atoms with Gasteiger partial charge in [0.05, 0.1) is 0 Å². The highest BCUT2D eigenvalue weighted by molar-refractivity contribution is 9.10. The van der Waals surface area contributed by atoms with E-state index in [1.807, 2.05) is 24.3 Å². The number of hydrogen-bond acceptors (Lipinski definition) is 3. The van der Waals surface area contributed by atoms with Crippen LogP contribution in [0.15, 0.2) is 34.8 Å². The van der Waals surface area contributed by atoms with Gasteiger partial charge in [0.1, 0.15) is 0 Å². The van der Waals surface area contributed by atoms with Gasteiger partial charge < -0.3 is 15.3 Å². The number of rotatable bonds is 4. The van der Waals surface area contributed by atoms with Gasteiger partial charge in [0, 0.05) is 23.1 Å². The van der Waals surface area contributed by atoms with Crippen molar-refractivity contribution in [1.29, 1.82) is 0 Å². The number of carboxylic acid groups (broad SMARTS) is 1. The zero-order valence-electron chi connectivity index (χ0n) is 14.1.